The van der Waals surface area contributed by atoms with Crippen molar-refractivity contribution in [2.75, 3.05) is 13.2 Å². The molecule has 0 amide bonds. The molecule has 0 saturated carbocycles. The minimum absolute atomic E-state index is 0.00299. The zero-order chi connectivity index (χ0) is 15.4. The van der Waals surface area contributed by atoms with Gasteiger partial charge in [0.2, 0.25) is 8.32 Å². The van der Waals surface area contributed by atoms with Crippen molar-refractivity contribution < 1.29 is 13.9 Å². The van der Waals surface area contributed by atoms with Gasteiger partial charge in [-0.15, -0.1) is 6.58 Å². The van der Waals surface area contributed by atoms with Gasteiger partial charge in [-0.3, -0.25) is 0 Å². The zero-order valence-electron chi connectivity index (χ0n) is 13.8. The summed E-state index contributed by atoms with van der Waals surface area (Å²) < 4.78 is 17.6. The summed E-state index contributed by atoms with van der Waals surface area (Å²) in [5, 5.41) is 0. The number of allylic oxidation sites excluding steroid dienone is 2. The molecule has 0 aromatic carbocycles. The number of hydrogen-bond donors (Lipinski definition) is 0. The lowest BCUT2D eigenvalue weighted by Gasteiger charge is -2.43. The average Bonchev–Trinajstić information content (AvgIpc) is 2.29. The van der Waals surface area contributed by atoms with Gasteiger partial charge in [-0.2, -0.15) is 0 Å². The van der Waals surface area contributed by atoms with Crippen molar-refractivity contribution in [3.05, 3.63) is 25.0 Å². The van der Waals surface area contributed by atoms with Gasteiger partial charge in [-0.05, 0) is 46.3 Å². The maximum atomic E-state index is 5.93. The van der Waals surface area contributed by atoms with Crippen LogP contribution < -0.4 is 0 Å². The van der Waals surface area contributed by atoms with Crippen LogP contribution in [0.5, 0.6) is 0 Å². The lowest BCUT2D eigenvalue weighted by molar-refractivity contribution is -0.286. The van der Waals surface area contributed by atoms with Crippen LogP contribution in [0.1, 0.15) is 33.1 Å². The van der Waals surface area contributed by atoms with Gasteiger partial charge >= 0.3 is 0 Å². The van der Waals surface area contributed by atoms with Crippen molar-refractivity contribution in [2.24, 2.45) is 5.41 Å². The Balaban J connectivity index is 2.56. The van der Waals surface area contributed by atoms with Crippen molar-refractivity contribution >= 4 is 8.32 Å². The second kappa shape index (κ2) is 6.46. The molecule has 0 atom stereocenters. The number of rotatable bonds is 7. The minimum Gasteiger partial charge on any atom is -0.548 e. The fourth-order valence-electron chi connectivity index (χ4n) is 2.30. The third-order valence-corrected chi connectivity index (χ3v) is 4.32. The van der Waals surface area contributed by atoms with Crippen LogP contribution in [-0.4, -0.2) is 27.3 Å². The van der Waals surface area contributed by atoms with Crippen molar-refractivity contribution in [1.29, 1.82) is 0 Å². The first-order chi connectivity index (χ1) is 9.08. The quantitative estimate of drug-likeness (QED) is 0.394. The molecule has 20 heavy (non-hydrogen) atoms. The van der Waals surface area contributed by atoms with E-state index in [1.807, 2.05) is 19.9 Å². The van der Waals surface area contributed by atoms with Gasteiger partial charge in [0.15, 0.2) is 5.79 Å². The molecule has 4 heteroatoms. The molecule has 116 valence electrons. The molecule has 1 aliphatic rings. The predicted octanol–water partition coefficient (Wildman–Crippen LogP) is 4.48. The molecule has 0 aromatic heterocycles. The normalized spacial score (nSPS) is 21.2. The molecular weight excluding hydrogens is 268 g/mol. The molecule has 0 aromatic rings. The smallest absolute Gasteiger partial charge is 0.241 e. The Morgan fingerprint density at radius 2 is 1.80 bits per heavy atom. The van der Waals surface area contributed by atoms with E-state index >= 15 is 0 Å². The minimum atomic E-state index is -1.56. The lowest BCUT2D eigenvalue weighted by Crippen LogP contribution is -2.46. The standard InChI is InChI=1S/C16H30O3Si/c1-8-10-16(12-17-15(3,4)18-13-16)11-9-14(2)19-20(5,6)7/h8H,1-2,9-13H2,3-7H3. The van der Waals surface area contributed by atoms with Crippen molar-refractivity contribution in [3.63, 3.8) is 0 Å². The molecule has 0 radical (unpaired) electrons. The van der Waals surface area contributed by atoms with Gasteiger partial charge in [-0.25, -0.2) is 0 Å². The molecule has 1 saturated heterocycles. The van der Waals surface area contributed by atoms with Crippen LogP contribution in [0.25, 0.3) is 0 Å². The molecule has 0 spiro atoms. The van der Waals surface area contributed by atoms with Gasteiger partial charge in [0.1, 0.15) is 0 Å². The van der Waals surface area contributed by atoms with E-state index in [4.69, 9.17) is 13.9 Å². The van der Waals surface area contributed by atoms with E-state index in [2.05, 4.69) is 32.8 Å². The summed E-state index contributed by atoms with van der Waals surface area (Å²) in [4.78, 5) is 0. The summed E-state index contributed by atoms with van der Waals surface area (Å²) in [6.45, 7) is 19.7. The summed E-state index contributed by atoms with van der Waals surface area (Å²) in [6.07, 6.45) is 4.65. The predicted molar refractivity (Wildman–Crippen MR) is 86.0 cm³/mol. The average molecular weight is 298 g/mol. The van der Waals surface area contributed by atoms with Crippen LogP contribution in [0.3, 0.4) is 0 Å². The van der Waals surface area contributed by atoms with E-state index in [9.17, 15) is 0 Å². The first-order valence-electron chi connectivity index (χ1n) is 7.33. The molecule has 1 rings (SSSR count). The molecule has 1 aliphatic heterocycles. The second-order valence-corrected chi connectivity index (χ2v) is 11.7. The zero-order valence-corrected chi connectivity index (χ0v) is 14.8. The van der Waals surface area contributed by atoms with E-state index in [1.165, 1.54) is 0 Å². The van der Waals surface area contributed by atoms with Crippen LogP contribution >= 0.6 is 0 Å². The first kappa shape index (κ1) is 17.5. The highest BCUT2D eigenvalue weighted by Gasteiger charge is 2.39. The van der Waals surface area contributed by atoms with Crippen LogP contribution in [-0.2, 0) is 13.9 Å². The van der Waals surface area contributed by atoms with Gasteiger partial charge < -0.3 is 13.9 Å². The van der Waals surface area contributed by atoms with Gasteiger partial charge in [0.25, 0.3) is 0 Å². The summed E-state index contributed by atoms with van der Waals surface area (Å²) in [6, 6.07) is 0. The molecule has 1 fully saturated rings. The van der Waals surface area contributed by atoms with Crippen LogP contribution in [0.2, 0.25) is 19.6 Å². The summed E-state index contributed by atoms with van der Waals surface area (Å²) in [7, 11) is -1.56. The highest BCUT2D eigenvalue weighted by Crippen LogP contribution is 2.37. The maximum Gasteiger partial charge on any atom is 0.241 e. The third-order valence-electron chi connectivity index (χ3n) is 3.41. The summed E-state index contributed by atoms with van der Waals surface area (Å²) in [5.41, 5.74) is 0.00299. The Morgan fingerprint density at radius 1 is 1.25 bits per heavy atom. The molecule has 3 nitrogen and oxygen atoms in total. The monoisotopic (exact) mass is 298 g/mol. The van der Waals surface area contributed by atoms with E-state index in [0.717, 1.165) is 25.0 Å². The van der Waals surface area contributed by atoms with E-state index in [0.29, 0.717) is 13.2 Å². The first-order valence-corrected chi connectivity index (χ1v) is 10.7. The van der Waals surface area contributed by atoms with Crippen molar-refractivity contribution in [1.82, 2.24) is 0 Å². The Labute approximate surface area is 125 Å². The van der Waals surface area contributed by atoms with Gasteiger partial charge in [0, 0.05) is 11.8 Å². The maximum absolute atomic E-state index is 5.93. The highest BCUT2D eigenvalue weighted by atomic mass is 28.4. The molecule has 0 aliphatic carbocycles. The van der Waals surface area contributed by atoms with Gasteiger partial charge in [0.05, 0.1) is 19.0 Å². The van der Waals surface area contributed by atoms with E-state index < -0.39 is 14.1 Å². The topological polar surface area (TPSA) is 27.7 Å². The Hall–Kier alpha value is -0.583. The molecule has 0 bridgehead atoms. The van der Waals surface area contributed by atoms with Crippen LogP contribution in [0.15, 0.2) is 25.0 Å². The fourth-order valence-corrected chi connectivity index (χ4v) is 3.26. The largest absolute Gasteiger partial charge is 0.548 e. The van der Waals surface area contributed by atoms with Crippen molar-refractivity contribution in [2.45, 2.75) is 58.5 Å². The SMILES string of the molecule is C=CCC1(CCC(=C)O[Si](C)(C)C)COC(C)(C)OC1. The Morgan fingerprint density at radius 3 is 2.25 bits per heavy atom. The fraction of sp³-hybridized carbons (Fsp3) is 0.750. The third kappa shape index (κ3) is 5.81. The van der Waals surface area contributed by atoms with Gasteiger partial charge in [-0.1, -0.05) is 12.7 Å². The molecule has 1 heterocycles. The summed E-state index contributed by atoms with van der Waals surface area (Å²) >= 11 is 0. The second-order valence-electron chi connectivity index (χ2n) is 7.22. The Bertz CT molecular complexity index is 345. The van der Waals surface area contributed by atoms with Crippen LogP contribution in [0.4, 0.5) is 0 Å². The summed E-state index contributed by atoms with van der Waals surface area (Å²) in [5.74, 6) is 0.411. The molecular formula is C16H30O3Si. The lowest BCUT2D eigenvalue weighted by atomic mass is 9.80. The Kier molecular flexibility index (Phi) is 5.64. The van der Waals surface area contributed by atoms with E-state index in [-0.39, 0.29) is 5.41 Å². The van der Waals surface area contributed by atoms with E-state index in [1.54, 1.807) is 0 Å². The van der Waals surface area contributed by atoms with Crippen LogP contribution in [0, 0.1) is 5.41 Å². The van der Waals surface area contributed by atoms with Crippen molar-refractivity contribution in [3.8, 4) is 0 Å². The molecule has 0 N–H and O–H groups in total. The number of ether oxygens (including phenoxy) is 2. The highest BCUT2D eigenvalue weighted by molar-refractivity contribution is 6.70. The number of hydrogen-bond acceptors (Lipinski definition) is 3. The molecule has 0 unspecified atom stereocenters.